The first kappa shape index (κ1) is 36.0. The number of thioether (sulfide) groups is 1. The van der Waals surface area contributed by atoms with E-state index in [1.807, 2.05) is 66.7 Å². The van der Waals surface area contributed by atoms with Crippen LogP contribution in [0.3, 0.4) is 0 Å². The molecule has 3 amide bonds. The van der Waals surface area contributed by atoms with E-state index in [9.17, 15) is 14.4 Å². The highest BCUT2D eigenvalue weighted by atomic mass is 35.5. The molecule has 3 N–H and O–H groups in total. The Morgan fingerprint density at radius 1 is 0.635 bits per heavy atom. The maximum atomic E-state index is 13.8. The van der Waals surface area contributed by atoms with Crippen LogP contribution in [0, 0.1) is 0 Å². The van der Waals surface area contributed by atoms with Crippen molar-refractivity contribution in [3.63, 3.8) is 0 Å². The molecule has 0 radical (unpaired) electrons. The first-order valence-corrected chi connectivity index (χ1v) is 17.7. The van der Waals surface area contributed by atoms with Gasteiger partial charge < -0.3 is 20.7 Å². The van der Waals surface area contributed by atoms with Crippen LogP contribution in [0.25, 0.3) is 6.08 Å². The number of para-hydroxylation sites is 1. The number of hydrogen-bond donors (Lipinski definition) is 3. The van der Waals surface area contributed by atoms with E-state index in [-0.39, 0.29) is 11.6 Å². The number of rotatable bonds is 12. The second-order valence-corrected chi connectivity index (χ2v) is 13.4. The molecule has 7 nitrogen and oxygen atoms in total. The summed E-state index contributed by atoms with van der Waals surface area (Å²) in [5.41, 5.74) is 2.71. The quantitative estimate of drug-likeness (QED) is 0.0856. The summed E-state index contributed by atoms with van der Waals surface area (Å²) < 4.78 is 5.88. The van der Waals surface area contributed by atoms with Gasteiger partial charge >= 0.3 is 0 Å². The Morgan fingerprint density at radius 3 is 1.98 bits per heavy atom. The molecule has 1 atom stereocenters. The Balaban J connectivity index is 1.19. The van der Waals surface area contributed by atoms with Gasteiger partial charge in [-0.3, -0.25) is 14.4 Å². The summed E-state index contributed by atoms with van der Waals surface area (Å²) in [4.78, 5) is 41.3. The van der Waals surface area contributed by atoms with E-state index >= 15 is 0 Å². The zero-order chi connectivity index (χ0) is 36.3. The van der Waals surface area contributed by atoms with Crippen molar-refractivity contribution >= 4 is 70.1 Å². The lowest BCUT2D eigenvalue weighted by atomic mass is 10.1. The number of halogens is 2. The fraction of sp³-hybridized carbons (Fsp3) is 0.0238. The van der Waals surface area contributed by atoms with Crippen LogP contribution in [-0.2, 0) is 9.59 Å². The van der Waals surface area contributed by atoms with Crippen molar-refractivity contribution in [2.24, 2.45) is 0 Å². The van der Waals surface area contributed by atoms with E-state index < -0.39 is 17.1 Å². The molecule has 0 saturated heterocycles. The maximum absolute atomic E-state index is 13.8. The molecule has 0 aliphatic carbocycles. The summed E-state index contributed by atoms with van der Waals surface area (Å²) in [6.07, 6.45) is 1.49. The molecule has 52 heavy (non-hydrogen) atoms. The molecule has 6 aromatic carbocycles. The van der Waals surface area contributed by atoms with E-state index in [0.717, 1.165) is 10.5 Å². The molecule has 10 heteroatoms. The number of nitrogens with one attached hydrogen (secondary N) is 3. The van der Waals surface area contributed by atoms with E-state index in [1.165, 1.54) is 17.8 Å². The average molecular weight is 745 g/mol. The van der Waals surface area contributed by atoms with Gasteiger partial charge in [0, 0.05) is 31.9 Å². The van der Waals surface area contributed by atoms with Gasteiger partial charge in [-0.1, -0.05) is 102 Å². The minimum Gasteiger partial charge on any atom is -0.457 e. The standard InChI is InChI=1S/C42H31Cl2N3O4S/c43-31-20-19-30(37(44)26-31)25-38(47-40(48)29-13-6-2-7-14-29)41(49)46-33-15-10-18-36(27-33)52-39(28-11-4-1-5-12-28)42(50)45-32-21-23-35(24-22-32)51-34-16-8-3-9-17-34/h1-27,39H,(H,45,50)(H,46,49)(H,47,48)/b38-25+. The summed E-state index contributed by atoms with van der Waals surface area (Å²) in [5.74, 6) is 0.0938. The van der Waals surface area contributed by atoms with E-state index in [2.05, 4.69) is 16.0 Å². The zero-order valence-corrected chi connectivity index (χ0v) is 29.8. The lowest BCUT2D eigenvalue weighted by molar-refractivity contribution is -0.116. The molecule has 6 aromatic rings. The third-order valence-corrected chi connectivity index (χ3v) is 9.39. The van der Waals surface area contributed by atoms with Crippen LogP contribution >= 0.6 is 35.0 Å². The highest BCUT2D eigenvalue weighted by molar-refractivity contribution is 8.00. The number of carbonyl (C=O) groups is 3. The van der Waals surface area contributed by atoms with Gasteiger partial charge in [-0.25, -0.2) is 0 Å². The maximum Gasteiger partial charge on any atom is 0.272 e. The molecule has 0 aliphatic heterocycles. The second kappa shape index (κ2) is 17.4. The van der Waals surface area contributed by atoms with E-state index in [1.54, 1.807) is 91.0 Å². The first-order valence-electron chi connectivity index (χ1n) is 16.1. The van der Waals surface area contributed by atoms with Gasteiger partial charge in [0.15, 0.2) is 0 Å². The van der Waals surface area contributed by atoms with Crippen LogP contribution in [0.2, 0.25) is 10.0 Å². The highest BCUT2D eigenvalue weighted by Gasteiger charge is 2.23. The van der Waals surface area contributed by atoms with Crippen molar-refractivity contribution in [1.82, 2.24) is 5.32 Å². The summed E-state index contributed by atoms with van der Waals surface area (Å²) in [6.45, 7) is 0. The van der Waals surface area contributed by atoms with Crippen LogP contribution in [0.1, 0.15) is 26.7 Å². The fourth-order valence-electron chi connectivity index (χ4n) is 5.04. The van der Waals surface area contributed by atoms with E-state index in [4.69, 9.17) is 27.9 Å². The van der Waals surface area contributed by atoms with Crippen LogP contribution < -0.4 is 20.7 Å². The van der Waals surface area contributed by atoms with Crippen LogP contribution in [0.15, 0.2) is 168 Å². The summed E-state index contributed by atoms with van der Waals surface area (Å²) in [6, 6.07) is 46.6. The molecule has 0 aliphatic rings. The molecule has 0 aromatic heterocycles. The lowest BCUT2D eigenvalue weighted by Gasteiger charge is -2.18. The molecule has 0 spiro atoms. The number of anilines is 2. The minimum atomic E-state index is -0.625. The predicted octanol–water partition coefficient (Wildman–Crippen LogP) is 10.7. The molecule has 0 bridgehead atoms. The lowest BCUT2D eigenvalue weighted by Crippen LogP contribution is -2.30. The molecule has 1 unspecified atom stereocenters. The number of benzene rings is 6. The molecular weight excluding hydrogens is 713 g/mol. The molecule has 0 fully saturated rings. The van der Waals surface area contributed by atoms with E-state index in [0.29, 0.717) is 44.0 Å². The van der Waals surface area contributed by atoms with Gasteiger partial charge in [0.25, 0.3) is 11.8 Å². The van der Waals surface area contributed by atoms with Crippen molar-refractivity contribution < 1.29 is 19.1 Å². The zero-order valence-electron chi connectivity index (χ0n) is 27.5. The Bertz CT molecular complexity index is 2200. The van der Waals surface area contributed by atoms with Crippen LogP contribution in [-0.4, -0.2) is 17.7 Å². The van der Waals surface area contributed by atoms with Gasteiger partial charge in [0.05, 0.1) is 0 Å². The van der Waals surface area contributed by atoms with Crippen molar-refractivity contribution in [1.29, 1.82) is 0 Å². The van der Waals surface area contributed by atoms with Crippen molar-refractivity contribution in [3.05, 3.63) is 190 Å². The van der Waals surface area contributed by atoms with Crippen LogP contribution in [0.5, 0.6) is 11.5 Å². The van der Waals surface area contributed by atoms with Crippen molar-refractivity contribution in [3.8, 4) is 11.5 Å². The summed E-state index contributed by atoms with van der Waals surface area (Å²) >= 11 is 13.8. The molecule has 6 rings (SSSR count). The van der Waals surface area contributed by atoms with Crippen LogP contribution in [0.4, 0.5) is 11.4 Å². The molecule has 0 heterocycles. The third-order valence-electron chi connectivity index (χ3n) is 7.58. The smallest absolute Gasteiger partial charge is 0.272 e. The van der Waals surface area contributed by atoms with Gasteiger partial charge in [0.1, 0.15) is 22.4 Å². The monoisotopic (exact) mass is 743 g/mol. The second-order valence-electron chi connectivity index (χ2n) is 11.4. The number of amides is 3. The Kier molecular flexibility index (Phi) is 12.1. The molecule has 258 valence electrons. The number of ether oxygens (including phenoxy) is 1. The minimum absolute atomic E-state index is 0.0298. The van der Waals surface area contributed by atoms with Gasteiger partial charge in [-0.05, 0) is 96.1 Å². The third kappa shape index (κ3) is 9.92. The first-order chi connectivity index (χ1) is 25.3. The van der Waals surface area contributed by atoms with Gasteiger partial charge in [0.2, 0.25) is 5.91 Å². The Labute approximate surface area is 315 Å². The number of carbonyl (C=O) groups excluding carboxylic acids is 3. The molecule has 0 saturated carbocycles. The highest BCUT2D eigenvalue weighted by Crippen LogP contribution is 2.37. The Morgan fingerprint density at radius 2 is 1.29 bits per heavy atom. The topological polar surface area (TPSA) is 96.5 Å². The molecular formula is C42H31Cl2N3O4S. The van der Waals surface area contributed by atoms with Crippen molar-refractivity contribution in [2.75, 3.05) is 10.6 Å². The van der Waals surface area contributed by atoms with Gasteiger partial charge in [-0.15, -0.1) is 11.8 Å². The largest absolute Gasteiger partial charge is 0.457 e. The van der Waals surface area contributed by atoms with Crippen molar-refractivity contribution in [2.45, 2.75) is 10.1 Å². The Hall–Kier alpha value is -5.80. The fourth-order valence-corrected chi connectivity index (χ4v) is 6.58. The SMILES string of the molecule is O=C(Nc1cccc(SC(C(=O)Nc2ccc(Oc3ccccc3)cc2)c2ccccc2)c1)/C(=C\c1ccc(Cl)cc1Cl)NC(=O)c1ccccc1. The number of hydrogen-bond acceptors (Lipinski definition) is 5. The van der Waals surface area contributed by atoms with Gasteiger partial charge in [-0.2, -0.15) is 0 Å². The average Bonchev–Trinajstić information content (AvgIpc) is 3.16. The summed E-state index contributed by atoms with van der Waals surface area (Å²) in [7, 11) is 0. The predicted molar refractivity (Wildman–Crippen MR) is 210 cm³/mol. The summed E-state index contributed by atoms with van der Waals surface area (Å²) in [5, 5.41) is 8.74. The normalized spacial score (nSPS) is 11.6.